The van der Waals surface area contributed by atoms with Crippen molar-refractivity contribution in [1.82, 2.24) is 15.4 Å². The van der Waals surface area contributed by atoms with Crippen molar-refractivity contribution < 1.29 is 59.4 Å². The Morgan fingerprint density at radius 2 is 1.26 bits per heavy atom. The molecular formula is C27H24F4N3O9PS2. The van der Waals surface area contributed by atoms with E-state index in [1.807, 2.05) is 4.72 Å². The highest BCUT2D eigenvalue weighted by atomic mass is 32.2. The summed E-state index contributed by atoms with van der Waals surface area (Å²) in [4.78, 5) is 42.6. The molecule has 0 atom stereocenters. The van der Waals surface area contributed by atoms with E-state index in [1.54, 1.807) is 0 Å². The first-order valence-corrected chi connectivity index (χ1v) is 17.1. The zero-order valence-electron chi connectivity index (χ0n) is 23.3. The normalized spacial score (nSPS) is 11.8. The molecule has 0 fully saturated rings. The van der Waals surface area contributed by atoms with E-state index in [0.29, 0.717) is 10.1 Å². The Morgan fingerprint density at radius 1 is 0.761 bits per heavy atom. The third kappa shape index (κ3) is 9.24. The summed E-state index contributed by atoms with van der Waals surface area (Å²) < 4.78 is 103. The number of benzene rings is 3. The Morgan fingerprint density at radius 3 is 1.74 bits per heavy atom. The van der Waals surface area contributed by atoms with Gasteiger partial charge in [0.1, 0.15) is 23.7 Å². The van der Waals surface area contributed by atoms with Crippen LogP contribution in [0.2, 0.25) is 0 Å². The largest absolute Gasteiger partial charge is 0.488 e. The van der Waals surface area contributed by atoms with E-state index in [9.17, 15) is 40.1 Å². The maximum absolute atomic E-state index is 13.5. The number of carbonyl (C=O) groups is 2. The van der Waals surface area contributed by atoms with Crippen LogP contribution in [0.3, 0.4) is 0 Å². The number of hydrogen-bond acceptors (Lipinski definition) is 8. The molecule has 0 radical (unpaired) electrons. The van der Waals surface area contributed by atoms with E-state index in [1.165, 1.54) is 18.2 Å². The van der Waals surface area contributed by atoms with Gasteiger partial charge < -0.3 is 29.9 Å². The van der Waals surface area contributed by atoms with Crippen LogP contribution in [0.15, 0.2) is 58.8 Å². The molecule has 0 aliphatic rings. The molecule has 3 aromatic carbocycles. The van der Waals surface area contributed by atoms with Crippen LogP contribution in [0, 0.1) is 23.3 Å². The zero-order valence-corrected chi connectivity index (χ0v) is 25.8. The van der Waals surface area contributed by atoms with Crippen molar-refractivity contribution in [3.8, 4) is 11.5 Å². The summed E-state index contributed by atoms with van der Waals surface area (Å²) in [6, 6.07) is 9.34. The number of rotatable bonds is 14. The predicted molar refractivity (Wildman–Crippen MR) is 157 cm³/mol. The first-order valence-electron chi connectivity index (χ1n) is 13.0. The third-order valence-electron chi connectivity index (χ3n) is 5.94. The van der Waals surface area contributed by atoms with Crippen LogP contribution in [0.4, 0.5) is 17.6 Å². The van der Waals surface area contributed by atoms with Gasteiger partial charge in [-0.1, -0.05) is 0 Å². The summed E-state index contributed by atoms with van der Waals surface area (Å²) in [6.45, 7) is -0.529. The number of halogens is 4. The number of fused-ring (bicyclic) bond motifs is 1. The van der Waals surface area contributed by atoms with Crippen molar-refractivity contribution in [3.63, 3.8) is 0 Å². The van der Waals surface area contributed by atoms with E-state index in [-0.39, 0.29) is 53.1 Å². The second-order valence-corrected chi connectivity index (χ2v) is 14.1. The fraction of sp³-hybridized carbons (Fsp3) is 0.185. The van der Waals surface area contributed by atoms with Gasteiger partial charge in [-0.05, 0) is 53.9 Å². The molecule has 0 aliphatic carbocycles. The molecule has 1 heterocycles. The molecule has 0 spiro atoms. The van der Waals surface area contributed by atoms with Gasteiger partial charge in [0.05, 0.1) is 13.1 Å². The van der Waals surface area contributed by atoms with Crippen LogP contribution in [0.5, 0.6) is 11.5 Å². The standard InChI is InChI=1S/C27H24F4N3O9PS2/c28-18-3-1-15(9-20(18)30)26(35)32-5-7-42-22-11-17-12-25(46(40,41)34-14-44(37,38)39)45-24(17)13-23(22)43-8-6-33-27(36)16-2-4-19(29)21(31)10-16/h1-4,9-13,34H,5-8,14H2,(H,32,35)(H,33,36)(H2,37,38,39). The molecule has 0 saturated carbocycles. The summed E-state index contributed by atoms with van der Waals surface area (Å²) in [5, 5.41) is 5.29. The molecule has 19 heteroatoms. The smallest absolute Gasteiger partial charge is 0.340 e. The molecule has 246 valence electrons. The minimum Gasteiger partial charge on any atom is -0.488 e. The van der Waals surface area contributed by atoms with E-state index in [2.05, 4.69) is 10.6 Å². The van der Waals surface area contributed by atoms with E-state index in [4.69, 9.17) is 19.3 Å². The molecule has 46 heavy (non-hydrogen) atoms. The highest BCUT2D eigenvalue weighted by molar-refractivity contribution is 7.92. The molecule has 0 saturated heterocycles. The van der Waals surface area contributed by atoms with Gasteiger partial charge in [-0.25, -0.2) is 26.0 Å². The van der Waals surface area contributed by atoms with Crippen LogP contribution >= 0.6 is 18.9 Å². The Balaban J connectivity index is 1.47. The lowest BCUT2D eigenvalue weighted by atomic mass is 10.2. The Labute approximate surface area is 262 Å². The van der Waals surface area contributed by atoms with E-state index < -0.39 is 59.0 Å². The third-order valence-corrected chi connectivity index (χ3v) is 9.70. The van der Waals surface area contributed by atoms with Crippen molar-refractivity contribution in [2.24, 2.45) is 0 Å². The molecule has 1 aromatic heterocycles. The quantitative estimate of drug-likeness (QED) is 0.0746. The summed E-state index contributed by atoms with van der Waals surface area (Å²) in [7, 11) is -8.99. The van der Waals surface area contributed by atoms with Gasteiger partial charge in [0.25, 0.3) is 21.8 Å². The molecule has 4 aromatic rings. The van der Waals surface area contributed by atoms with Crippen LogP contribution in [-0.4, -0.2) is 62.6 Å². The average Bonchev–Trinajstić information content (AvgIpc) is 3.42. The summed E-state index contributed by atoms with van der Waals surface area (Å²) >= 11 is 0.764. The van der Waals surface area contributed by atoms with Crippen molar-refractivity contribution in [2.75, 3.05) is 32.6 Å². The molecule has 5 N–H and O–H groups in total. The minimum absolute atomic E-state index is 0.0754. The van der Waals surface area contributed by atoms with Crippen molar-refractivity contribution in [2.45, 2.75) is 4.21 Å². The molecular weight excluding hydrogens is 681 g/mol. The van der Waals surface area contributed by atoms with Crippen molar-refractivity contribution in [3.05, 3.63) is 89.0 Å². The minimum atomic E-state index is -4.68. The fourth-order valence-electron chi connectivity index (χ4n) is 3.75. The average molecular weight is 706 g/mol. The number of hydrogen-bond donors (Lipinski definition) is 5. The molecule has 0 unspecified atom stereocenters. The maximum Gasteiger partial charge on any atom is 0.340 e. The van der Waals surface area contributed by atoms with Gasteiger partial charge in [0.15, 0.2) is 34.8 Å². The number of carbonyl (C=O) groups excluding carboxylic acids is 2. The SMILES string of the molecule is O=C(NCCOc1cc2cc(S(=O)(=O)NCP(=O)(O)O)sc2cc1OCCNC(=O)c1ccc(F)c(F)c1)c1ccc(F)c(F)c1. The topological polar surface area (TPSA) is 180 Å². The summed E-state index contributed by atoms with van der Waals surface area (Å²) in [5.41, 5.74) is -0.261. The summed E-state index contributed by atoms with van der Waals surface area (Å²) in [6.07, 6.45) is -1.11. The van der Waals surface area contributed by atoms with Crippen molar-refractivity contribution in [1.29, 1.82) is 0 Å². The molecule has 12 nitrogen and oxygen atoms in total. The number of amides is 2. The predicted octanol–water partition coefficient (Wildman–Crippen LogP) is 3.49. The molecule has 0 aliphatic heterocycles. The van der Waals surface area contributed by atoms with Crippen molar-refractivity contribution >= 4 is 50.9 Å². The van der Waals surface area contributed by atoms with Crippen LogP contribution in [-0.2, 0) is 14.6 Å². The lowest BCUT2D eigenvalue weighted by Gasteiger charge is -2.14. The monoisotopic (exact) mass is 705 g/mol. The van der Waals surface area contributed by atoms with Gasteiger partial charge in [-0.2, -0.15) is 4.72 Å². The van der Waals surface area contributed by atoms with E-state index >= 15 is 0 Å². The number of sulfonamides is 1. The summed E-state index contributed by atoms with van der Waals surface area (Å²) in [5.74, 6) is -5.89. The Bertz CT molecular complexity index is 1830. The second-order valence-electron chi connectivity index (χ2n) is 9.34. The highest BCUT2D eigenvalue weighted by Gasteiger charge is 2.23. The zero-order chi connectivity index (χ0) is 33.6. The fourth-order valence-corrected chi connectivity index (χ4v) is 7.22. The number of nitrogens with one attached hydrogen (secondary N) is 3. The maximum atomic E-state index is 13.5. The van der Waals surface area contributed by atoms with Crippen LogP contribution < -0.4 is 24.8 Å². The molecule has 0 bridgehead atoms. The molecule has 4 rings (SSSR count). The van der Waals surface area contributed by atoms with Crippen LogP contribution in [0.25, 0.3) is 10.1 Å². The van der Waals surface area contributed by atoms with Gasteiger partial charge in [-0.3, -0.25) is 14.2 Å². The lowest BCUT2D eigenvalue weighted by molar-refractivity contribution is 0.0936. The van der Waals surface area contributed by atoms with E-state index in [0.717, 1.165) is 47.7 Å². The van der Waals surface area contributed by atoms with Gasteiger partial charge in [-0.15, -0.1) is 11.3 Å². The highest BCUT2D eigenvalue weighted by Crippen LogP contribution is 2.39. The Kier molecular flexibility index (Phi) is 11.0. The van der Waals surface area contributed by atoms with Gasteiger partial charge >= 0.3 is 7.60 Å². The first kappa shape index (κ1) is 34.8. The first-order chi connectivity index (χ1) is 21.6. The second kappa shape index (κ2) is 14.6. The number of ether oxygens (including phenoxy) is 2. The van der Waals surface area contributed by atoms with Gasteiger partial charge in [0, 0.05) is 21.9 Å². The molecule has 2 amide bonds. The Hall–Kier alpha value is -4.06. The van der Waals surface area contributed by atoms with Crippen LogP contribution in [0.1, 0.15) is 20.7 Å². The lowest BCUT2D eigenvalue weighted by Crippen LogP contribution is -2.29. The van der Waals surface area contributed by atoms with Gasteiger partial charge in [0.2, 0.25) is 0 Å². The number of thiophene rings is 1.